The first-order valence-corrected chi connectivity index (χ1v) is 10.8. The lowest BCUT2D eigenvalue weighted by molar-refractivity contribution is 0.0925. The summed E-state index contributed by atoms with van der Waals surface area (Å²) in [7, 11) is 0. The number of benzene rings is 2. The molecule has 2 aromatic heterocycles. The van der Waals surface area contributed by atoms with Gasteiger partial charge in [0.1, 0.15) is 11.4 Å². The van der Waals surface area contributed by atoms with Gasteiger partial charge in [-0.1, -0.05) is 54.6 Å². The number of fused-ring (bicyclic) bond motifs is 1. The molecule has 4 aromatic rings. The van der Waals surface area contributed by atoms with Crippen LogP contribution in [0.2, 0.25) is 0 Å². The summed E-state index contributed by atoms with van der Waals surface area (Å²) in [6.45, 7) is 1.21. The number of carbonyl (C=O) groups is 1. The lowest BCUT2D eigenvalue weighted by Gasteiger charge is -2.26. The fraction of sp³-hybridized carbons (Fsp3) is 0.167. The average molecular weight is 416 g/mol. The predicted octanol–water partition coefficient (Wildman–Crippen LogP) is 4.91. The first-order valence-electron chi connectivity index (χ1n) is 9.96. The van der Waals surface area contributed by atoms with Gasteiger partial charge in [0.25, 0.3) is 5.91 Å². The lowest BCUT2D eigenvalue weighted by atomic mass is 10.00. The molecule has 3 heterocycles. The van der Waals surface area contributed by atoms with Crippen molar-refractivity contribution in [2.24, 2.45) is 0 Å². The minimum absolute atomic E-state index is 0.0730. The zero-order valence-electron chi connectivity index (χ0n) is 16.3. The van der Waals surface area contributed by atoms with E-state index in [0.717, 1.165) is 33.9 Å². The number of hydrogen-bond donors (Lipinski definition) is 1. The molecular formula is C24H21N3O2S. The smallest absolute Gasteiger partial charge is 0.255 e. The van der Waals surface area contributed by atoms with E-state index in [2.05, 4.69) is 17.4 Å². The number of thiophene rings is 1. The number of carbonyl (C=O) groups excluding carboxylic acids is 1. The lowest BCUT2D eigenvalue weighted by Crippen LogP contribution is -2.32. The van der Waals surface area contributed by atoms with E-state index in [9.17, 15) is 4.79 Å². The van der Waals surface area contributed by atoms with Gasteiger partial charge >= 0.3 is 0 Å². The van der Waals surface area contributed by atoms with Crippen LogP contribution in [0.1, 0.15) is 33.9 Å². The summed E-state index contributed by atoms with van der Waals surface area (Å²) in [4.78, 5) is 14.3. The van der Waals surface area contributed by atoms with Crippen LogP contribution in [-0.4, -0.2) is 22.3 Å². The highest BCUT2D eigenvalue weighted by Crippen LogP contribution is 2.33. The summed E-state index contributed by atoms with van der Waals surface area (Å²) in [5, 5.41) is 9.95. The van der Waals surface area contributed by atoms with Crippen LogP contribution in [0.25, 0.3) is 10.6 Å². The van der Waals surface area contributed by atoms with Crippen molar-refractivity contribution in [1.82, 2.24) is 15.1 Å². The third kappa shape index (κ3) is 3.74. The van der Waals surface area contributed by atoms with Crippen molar-refractivity contribution in [3.05, 3.63) is 95.0 Å². The van der Waals surface area contributed by atoms with Gasteiger partial charge in [-0.25, -0.2) is 0 Å². The molecule has 5 nitrogen and oxygen atoms in total. The van der Waals surface area contributed by atoms with Gasteiger partial charge < -0.3 is 10.1 Å². The molecule has 0 bridgehead atoms. The summed E-state index contributed by atoms with van der Waals surface area (Å²) in [6.07, 6.45) is 2.60. The summed E-state index contributed by atoms with van der Waals surface area (Å²) >= 11 is 1.59. The quantitative estimate of drug-likeness (QED) is 0.504. The summed E-state index contributed by atoms with van der Waals surface area (Å²) in [5.74, 6) is 0.728. The zero-order valence-corrected chi connectivity index (χ0v) is 17.1. The molecule has 2 aromatic carbocycles. The molecule has 0 radical (unpaired) electrons. The average Bonchev–Trinajstić information content (AvgIpc) is 3.45. The van der Waals surface area contributed by atoms with Crippen molar-refractivity contribution in [3.63, 3.8) is 0 Å². The second-order valence-electron chi connectivity index (χ2n) is 7.25. The first kappa shape index (κ1) is 18.6. The molecule has 1 atom stereocenters. The second kappa shape index (κ2) is 8.16. The molecular weight excluding hydrogens is 394 g/mol. The molecule has 1 unspecified atom stereocenters. The van der Waals surface area contributed by atoms with E-state index in [-0.39, 0.29) is 11.9 Å². The number of nitrogens with zero attached hydrogens (tertiary/aromatic N) is 2. The second-order valence-corrected chi connectivity index (χ2v) is 8.20. The van der Waals surface area contributed by atoms with Crippen LogP contribution in [0.15, 0.2) is 78.3 Å². The van der Waals surface area contributed by atoms with Crippen LogP contribution in [-0.2, 0) is 6.54 Å². The van der Waals surface area contributed by atoms with Crippen molar-refractivity contribution in [2.45, 2.75) is 19.0 Å². The van der Waals surface area contributed by atoms with Crippen molar-refractivity contribution >= 4 is 17.2 Å². The van der Waals surface area contributed by atoms with Crippen molar-refractivity contribution in [1.29, 1.82) is 0 Å². The number of hydrogen-bond acceptors (Lipinski definition) is 4. The Morgan fingerprint density at radius 2 is 1.93 bits per heavy atom. The van der Waals surface area contributed by atoms with Gasteiger partial charge in [0.15, 0.2) is 0 Å². The Labute approximate surface area is 178 Å². The van der Waals surface area contributed by atoms with E-state index in [0.29, 0.717) is 18.7 Å². The topological polar surface area (TPSA) is 56.1 Å². The largest absolute Gasteiger partial charge is 0.493 e. The van der Waals surface area contributed by atoms with Gasteiger partial charge in [-0.15, -0.1) is 11.3 Å². The normalized spacial score (nSPS) is 15.3. The van der Waals surface area contributed by atoms with E-state index in [1.165, 1.54) is 0 Å². The SMILES string of the molecule is O=C(NC1CCOc2ccccc21)c1cn(Cc2ccccc2)nc1-c1cccs1. The molecule has 1 aliphatic heterocycles. The van der Waals surface area contributed by atoms with Crippen molar-refractivity contribution in [3.8, 4) is 16.3 Å². The van der Waals surface area contributed by atoms with Gasteiger partial charge in [0.2, 0.25) is 0 Å². The van der Waals surface area contributed by atoms with Gasteiger partial charge in [-0.05, 0) is 23.1 Å². The highest BCUT2D eigenvalue weighted by atomic mass is 32.1. The van der Waals surface area contributed by atoms with Gasteiger partial charge in [0.05, 0.1) is 29.6 Å². The van der Waals surface area contributed by atoms with Gasteiger partial charge in [-0.2, -0.15) is 5.10 Å². The maximum atomic E-state index is 13.3. The maximum absolute atomic E-state index is 13.3. The zero-order chi connectivity index (χ0) is 20.3. The van der Waals surface area contributed by atoms with Crippen LogP contribution in [0, 0.1) is 0 Å². The molecule has 1 aliphatic rings. The molecule has 0 fully saturated rings. The minimum atomic E-state index is -0.112. The molecule has 0 saturated heterocycles. The number of rotatable bonds is 5. The summed E-state index contributed by atoms with van der Waals surface area (Å²) in [6, 6.07) is 21.9. The van der Waals surface area contributed by atoms with E-state index in [1.54, 1.807) is 11.3 Å². The molecule has 30 heavy (non-hydrogen) atoms. The number of amides is 1. The number of nitrogens with one attached hydrogen (secondary N) is 1. The number of ether oxygens (including phenoxy) is 1. The molecule has 150 valence electrons. The molecule has 5 rings (SSSR count). The summed E-state index contributed by atoms with van der Waals surface area (Å²) < 4.78 is 7.57. The third-order valence-corrected chi connectivity index (χ3v) is 6.09. The Balaban J connectivity index is 1.45. The predicted molar refractivity (Wildman–Crippen MR) is 118 cm³/mol. The van der Waals surface area contributed by atoms with E-state index < -0.39 is 0 Å². The monoisotopic (exact) mass is 415 g/mol. The Bertz CT molecular complexity index is 1150. The van der Waals surface area contributed by atoms with Gasteiger partial charge in [0, 0.05) is 18.2 Å². The molecule has 0 spiro atoms. The molecule has 0 saturated carbocycles. The molecule has 0 aliphatic carbocycles. The van der Waals surface area contributed by atoms with Crippen molar-refractivity contribution in [2.75, 3.05) is 6.61 Å². The van der Waals surface area contributed by atoms with Crippen molar-refractivity contribution < 1.29 is 9.53 Å². The fourth-order valence-corrected chi connectivity index (χ4v) is 4.49. The standard InChI is InChI=1S/C24H21N3O2S/c28-24(25-20-12-13-29-21-10-5-4-9-18(20)21)19-16-27(15-17-7-2-1-3-8-17)26-23(19)22-11-6-14-30-22/h1-11,14,16,20H,12-13,15H2,(H,25,28). The highest BCUT2D eigenvalue weighted by Gasteiger charge is 2.26. The number of para-hydroxylation sites is 1. The first-order chi connectivity index (χ1) is 14.8. The fourth-order valence-electron chi connectivity index (χ4n) is 3.76. The molecule has 1 N–H and O–H groups in total. The third-order valence-electron chi connectivity index (χ3n) is 5.21. The summed E-state index contributed by atoms with van der Waals surface area (Å²) in [5.41, 5.74) is 3.48. The van der Waals surface area contributed by atoms with Crippen LogP contribution < -0.4 is 10.1 Å². The van der Waals surface area contributed by atoms with Gasteiger partial charge in [-0.3, -0.25) is 9.48 Å². The molecule has 6 heteroatoms. The number of aromatic nitrogens is 2. The maximum Gasteiger partial charge on any atom is 0.255 e. The Morgan fingerprint density at radius 3 is 2.77 bits per heavy atom. The van der Waals surface area contributed by atoms with Crippen LogP contribution >= 0.6 is 11.3 Å². The van der Waals surface area contributed by atoms with E-state index >= 15 is 0 Å². The van der Waals surface area contributed by atoms with E-state index in [1.807, 2.05) is 70.9 Å². The highest BCUT2D eigenvalue weighted by molar-refractivity contribution is 7.13. The van der Waals surface area contributed by atoms with Crippen LogP contribution in [0.3, 0.4) is 0 Å². The molecule has 1 amide bonds. The Morgan fingerprint density at radius 1 is 1.10 bits per heavy atom. The van der Waals surface area contributed by atoms with Crippen LogP contribution in [0.5, 0.6) is 5.75 Å². The Hall–Kier alpha value is -3.38. The van der Waals surface area contributed by atoms with E-state index in [4.69, 9.17) is 9.84 Å². The van der Waals surface area contributed by atoms with Crippen LogP contribution in [0.4, 0.5) is 0 Å². The Kier molecular flexibility index (Phi) is 5.07. The minimum Gasteiger partial charge on any atom is -0.493 e.